The van der Waals surface area contributed by atoms with E-state index in [1.165, 1.54) is 0 Å². The number of hydrogen-bond acceptors (Lipinski definition) is 6. The maximum Gasteiger partial charge on any atom is 2.00 e. The normalized spacial score (nSPS) is 11.9. The van der Waals surface area contributed by atoms with Gasteiger partial charge in [0, 0.05) is 0 Å². The van der Waals surface area contributed by atoms with Crippen LogP contribution in [-0.2, 0) is 26.2 Å². The van der Waals surface area contributed by atoms with E-state index in [0.717, 1.165) is 10.8 Å². The van der Waals surface area contributed by atoms with Crippen molar-refractivity contribution in [1.29, 1.82) is 0 Å². The third kappa shape index (κ3) is 5.26. The summed E-state index contributed by atoms with van der Waals surface area (Å²) in [5.74, 6) is -0.151. The third-order valence-electron chi connectivity index (χ3n) is 5.21. The molecule has 0 radical (unpaired) electrons. The molecule has 4 rings (SSSR count). The van der Waals surface area contributed by atoms with Crippen LogP contribution in [0.15, 0.2) is 83.1 Å². The molecule has 0 unspecified atom stereocenters. The molecular weight excluding hydrogens is 463 g/mol. The molecule has 0 aliphatic carbocycles. The van der Waals surface area contributed by atoms with E-state index < -0.39 is 0 Å². The van der Waals surface area contributed by atoms with E-state index in [1.54, 1.807) is 38.1 Å². The number of oxime groups is 2. The maximum absolute atomic E-state index is 12.6. The topological polar surface area (TPSA) is 89.3 Å². The van der Waals surface area contributed by atoms with E-state index in [4.69, 9.17) is 9.68 Å². The summed E-state index contributed by atoms with van der Waals surface area (Å²) in [6.07, 6.45) is 0. The Hall–Kier alpha value is -3.57. The first-order chi connectivity index (χ1) is 15.6. The minimum Gasteiger partial charge on any atom is -0.872 e. The summed E-state index contributed by atoms with van der Waals surface area (Å²) < 4.78 is 0. The van der Waals surface area contributed by atoms with E-state index >= 15 is 0 Å². The van der Waals surface area contributed by atoms with Crippen LogP contribution in [0.4, 0.5) is 0 Å². The van der Waals surface area contributed by atoms with Gasteiger partial charge in [-0.05, 0) is 46.5 Å². The molecule has 0 aromatic heterocycles. The van der Waals surface area contributed by atoms with Gasteiger partial charge in [-0.25, -0.2) is 0 Å². The van der Waals surface area contributed by atoms with Crippen LogP contribution in [0, 0.1) is 0 Å². The van der Waals surface area contributed by atoms with Crippen LogP contribution < -0.4 is 10.2 Å². The van der Waals surface area contributed by atoms with Crippen molar-refractivity contribution in [2.45, 2.75) is 13.8 Å². The number of hydrogen-bond donors (Lipinski definition) is 0. The Morgan fingerprint density at radius 3 is 1.45 bits per heavy atom. The van der Waals surface area contributed by atoms with Gasteiger partial charge >= 0.3 is 16.5 Å². The Labute approximate surface area is 202 Å². The van der Waals surface area contributed by atoms with Gasteiger partial charge in [-0.1, -0.05) is 94.6 Å². The number of benzene rings is 4. The van der Waals surface area contributed by atoms with Crippen molar-refractivity contribution in [3.63, 3.8) is 0 Å². The quantitative estimate of drug-likeness (QED) is 0.169. The summed E-state index contributed by atoms with van der Waals surface area (Å²) in [6.45, 7) is 3.75. The van der Waals surface area contributed by atoms with Crippen LogP contribution in [-0.4, -0.2) is 24.6 Å². The second-order valence-electron chi connectivity index (χ2n) is 7.35. The molecule has 7 heteroatoms. The van der Waals surface area contributed by atoms with Gasteiger partial charge in [0.05, 0.1) is 11.4 Å². The molecule has 4 aromatic rings. The molecule has 0 heterocycles. The first-order valence-electron chi connectivity index (χ1n) is 10.3. The summed E-state index contributed by atoms with van der Waals surface area (Å²) >= 11 is 0. The predicted molar refractivity (Wildman–Crippen MR) is 123 cm³/mol. The summed E-state index contributed by atoms with van der Waals surface area (Å²) in [5, 5.41) is 36.4. The standard InChI is InChI=1S/C26H24N2O4.Ni/c1-17(21-13-11-19-7-3-5-9-23(19)25(21)29)27-31-15-16-32-28-18(2)22-14-12-20-8-4-6-10-24(20)26(22)30;/h3-14,29-30H,15-16H2,1-2H3;/q;+2/p-2/b27-17+,28-18+;. The zero-order chi connectivity index (χ0) is 22.5. The van der Waals surface area contributed by atoms with E-state index in [0.29, 0.717) is 33.3 Å². The fourth-order valence-electron chi connectivity index (χ4n) is 3.51. The fraction of sp³-hybridized carbons (Fsp3) is 0.154. The number of fused-ring (bicyclic) bond motifs is 2. The van der Waals surface area contributed by atoms with Crippen molar-refractivity contribution in [2.75, 3.05) is 13.2 Å². The van der Waals surface area contributed by atoms with E-state index in [2.05, 4.69) is 10.3 Å². The monoisotopic (exact) mass is 484 g/mol. The minimum absolute atomic E-state index is 0. The summed E-state index contributed by atoms with van der Waals surface area (Å²) in [5.41, 5.74) is 1.98. The molecule has 0 spiro atoms. The average molecular weight is 485 g/mol. The van der Waals surface area contributed by atoms with Crippen molar-refractivity contribution in [2.24, 2.45) is 10.3 Å². The Balaban J connectivity index is 0.00000306. The molecule has 0 amide bonds. The van der Waals surface area contributed by atoms with Gasteiger partial charge in [-0.15, -0.1) is 0 Å². The Morgan fingerprint density at radius 1 is 0.636 bits per heavy atom. The van der Waals surface area contributed by atoms with Crippen LogP contribution in [0.2, 0.25) is 0 Å². The van der Waals surface area contributed by atoms with Gasteiger partial charge in [0.2, 0.25) is 0 Å². The van der Waals surface area contributed by atoms with Gasteiger partial charge in [0.1, 0.15) is 0 Å². The van der Waals surface area contributed by atoms with E-state index in [1.807, 2.05) is 48.5 Å². The first-order valence-corrected chi connectivity index (χ1v) is 10.3. The zero-order valence-corrected chi connectivity index (χ0v) is 19.2. The maximum atomic E-state index is 12.6. The molecule has 0 aliphatic rings. The van der Waals surface area contributed by atoms with Gasteiger partial charge < -0.3 is 19.9 Å². The largest absolute Gasteiger partial charge is 2.00 e. The van der Waals surface area contributed by atoms with Crippen molar-refractivity contribution in [3.8, 4) is 11.5 Å². The van der Waals surface area contributed by atoms with E-state index in [9.17, 15) is 10.2 Å². The number of nitrogens with zero attached hydrogens (tertiary/aromatic N) is 2. The zero-order valence-electron chi connectivity index (χ0n) is 18.2. The third-order valence-corrected chi connectivity index (χ3v) is 5.21. The van der Waals surface area contributed by atoms with Crippen molar-refractivity contribution in [1.82, 2.24) is 0 Å². The van der Waals surface area contributed by atoms with Crippen LogP contribution in [0.5, 0.6) is 11.5 Å². The van der Waals surface area contributed by atoms with Crippen LogP contribution >= 0.6 is 0 Å². The molecule has 0 saturated heterocycles. The van der Waals surface area contributed by atoms with Crippen LogP contribution in [0.1, 0.15) is 25.0 Å². The fourth-order valence-corrected chi connectivity index (χ4v) is 3.51. The summed E-state index contributed by atoms with van der Waals surface area (Å²) in [6, 6.07) is 22.1. The van der Waals surface area contributed by atoms with Crippen molar-refractivity contribution in [3.05, 3.63) is 83.9 Å². The van der Waals surface area contributed by atoms with Crippen LogP contribution in [0.3, 0.4) is 0 Å². The van der Waals surface area contributed by atoms with Gasteiger partial charge in [-0.3, -0.25) is 0 Å². The Kier molecular flexibility index (Phi) is 7.91. The molecule has 170 valence electrons. The molecule has 0 bridgehead atoms. The molecule has 6 nitrogen and oxygen atoms in total. The van der Waals surface area contributed by atoms with Crippen molar-refractivity contribution < 1.29 is 36.4 Å². The molecule has 33 heavy (non-hydrogen) atoms. The predicted octanol–water partition coefficient (Wildman–Crippen LogP) is 4.32. The second-order valence-corrected chi connectivity index (χ2v) is 7.35. The molecule has 0 N–H and O–H groups in total. The minimum atomic E-state index is -0.0757. The smallest absolute Gasteiger partial charge is 0.872 e. The van der Waals surface area contributed by atoms with Crippen molar-refractivity contribution >= 4 is 33.0 Å². The first kappa shape index (κ1) is 24.1. The van der Waals surface area contributed by atoms with Crippen LogP contribution in [0.25, 0.3) is 21.5 Å². The Bertz CT molecular complexity index is 1230. The SMILES string of the molecule is C/C(=N\OCCO/N=C(\C)c1ccc2ccccc2c1[O-])c1ccc2ccccc2c1[O-].[Ni+2]. The van der Waals surface area contributed by atoms with Gasteiger partial charge in [0.15, 0.2) is 13.2 Å². The second kappa shape index (κ2) is 10.8. The van der Waals surface area contributed by atoms with Gasteiger partial charge in [0.25, 0.3) is 0 Å². The summed E-state index contributed by atoms with van der Waals surface area (Å²) in [7, 11) is 0. The summed E-state index contributed by atoms with van der Waals surface area (Å²) in [4.78, 5) is 10.6. The molecule has 4 aromatic carbocycles. The average Bonchev–Trinajstić information content (AvgIpc) is 2.82. The molecule has 0 aliphatic heterocycles. The number of rotatable bonds is 7. The molecule has 0 fully saturated rings. The molecule has 0 atom stereocenters. The molecular formula is C26H22N2NiO4. The molecule has 0 saturated carbocycles. The van der Waals surface area contributed by atoms with E-state index in [-0.39, 0.29) is 41.2 Å². The Morgan fingerprint density at radius 2 is 1.03 bits per heavy atom. The van der Waals surface area contributed by atoms with Gasteiger partial charge in [-0.2, -0.15) is 0 Å².